The zero-order chi connectivity index (χ0) is 12.5. The Labute approximate surface area is 113 Å². The average molecular weight is 272 g/mol. The smallest absolute Gasteiger partial charge is 0.0595 e. The van der Waals surface area contributed by atoms with E-state index in [1.54, 1.807) is 0 Å². The van der Waals surface area contributed by atoms with E-state index in [4.69, 9.17) is 28.9 Å². The van der Waals surface area contributed by atoms with Gasteiger partial charge in [-0.3, -0.25) is 0 Å². The van der Waals surface area contributed by atoms with Gasteiger partial charge in [-0.2, -0.15) is 0 Å². The molecule has 2 N–H and O–H groups in total. The lowest BCUT2D eigenvalue weighted by atomic mass is 9.57. The van der Waals surface area contributed by atoms with Crippen molar-refractivity contribution in [1.29, 1.82) is 0 Å². The van der Waals surface area contributed by atoms with Crippen molar-refractivity contribution in [3.63, 3.8) is 0 Å². The molecule has 0 amide bonds. The summed E-state index contributed by atoms with van der Waals surface area (Å²) in [7, 11) is 0. The van der Waals surface area contributed by atoms with Crippen LogP contribution in [0.1, 0.15) is 38.2 Å². The fourth-order valence-electron chi connectivity index (χ4n) is 3.00. The van der Waals surface area contributed by atoms with Gasteiger partial charge in [0, 0.05) is 12.0 Å². The lowest BCUT2D eigenvalue weighted by Gasteiger charge is -2.48. The maximum absolute atomic E-state index is 6.08. The van der Waals surface area contributed by atoms with Gasteiger partial charge in [0.25, 0.3) is 0 Å². The second-order valence-electron chi connectivity index (χ2n) is 5.18. The Morgan fingerprint density at radius 1 is 1.29 bits per heavy atom. The van der Waals surface area contributed by atoms with Crippen molar-refractivity contribution in [1.82, 2.24) is 0 Å². The van der Waals surface area contributed by atoms with Gasteiger partial charge in [-0.15, -0.1) is 0 Å². The summed E-state index contributed by atoms with van der Waals surface area (Å²) in [5, 5.41) is 1.25. The summed E-state index contributed by atoms with van der Waals surface area (Å²) in [6.07, 6.45) is 4.94. The van der Waals surface area contributed by atoms with E-state index in [0.29, 0.717) is 16.6 Å². The molecular formula is C14H19Cl2N. The zero-order valence-corrected chi connectivity index (χ0v) is 11.7. The second kappa shape index (κ2) is 5.17. The topological polar surface area (TPSA) is 26.0 Å². The molecule has 17 heavy (non-hydrogen) atoms. The highest BCUT2D eigenvalue weighted by atomic mass is 35.5. The molecule has 1 aromatic carbocycles. The van der Waals surface area contributed by atoms with Crippen LogP contribution in [0.15, 0.2) is 18.2 Å². The monoisotopic (exact) mass is 271 g/mol. The largest absolute Gasteiger partial charge is 0.330 e. The molecule has 0 aliphatic heterocycles. The predicted octanol–water partition coefficient (Wildman–Crippen LogP) is 4.40. The van der Waals surface area contributed by atoms with E-state index in [1.807, 2.05) is 12.1 Å². The first-order chi connectivity index (χ1) is 8.11. The molecule has 0 heterocycles. The Morgan fingerprint density at radius 2 is 2.00 bits per heavy atom. The summed E-state index contributed by atoms with van der Waals surface area (Å²) in [5.74, 6) is 0.831. The van der Waals surface area contributed by atoms with Crippen LogP contribution in [0, 0.1) is 5.92 Å². The Kier molecular flexibility index (Phi) is 4.02. The molecule has 1 fully saturated rings. The van der Waals surface area contributed by atoms with Crippen LogP contribution in [0.25, 0.3) is 0 Å². The van der Waals surface area contributed by atoms with Crippen molar-refractivity contribution in [2.45, 2.75) is 38.0 Å². The Bertz CT molecular complexity index is 397. The summed E-state index contributed by atoms with van der Waals surface area (Å²) in [6, 6.07) is 5.94. The van der Waals surface area contributed by atoms with Crippen molar-refractivity contribution < 1.29 is 0 Å². The number of hydrogen-bond donors (Lipinski definition) is 1. The summed E-state index contributed by atoms with van der Waals surface area (Å²) in [5.41, 5.74) is 7.37. The number of rotatable bonds is 4. The van der Waals surface area contributed by atoms with E-state index in [1.165, 1.54) is 31.2 Å². The molecule has 1 aliphatic carbocycles. The van der Waals surface area contributed by atoms with Gasteiger partial charge in [-0.1, -0.05) is 49.0 Å². The van der Waals surface area contributed by atoms with E-state index < -0.39 is 0 Å². The molecule has 0 atom stereocenters. The summed E-state index contributed by atoms with van der Waals surface area (Å²) in [4.78, 5) is 0. The predicted molar refractivity (Wildman–Crippen MR) is 74.8 cm³/mol. The first-order valence-electron chi connectivity index (χ1n) is 6.27. The molecule has 1 nitrogen and oxygen atoms in total. The van der Waals surface area contributed by atoms with E-state index in [0.717, 1.165) is 5.92 Å². The maximum atomic E-state index is 6.08. The highest BCUT2D eigenvalue weighted by Crippen LogP contribution is 2.49. The third kappa shape index (κ3) is 2.47. The van der Waals surface area contributed by atoms with Crippen LogP contribution in [-0.2, 0) is 5.41 Å². The minimum absolute atomic E-state index is 0.147. The van der Waals surface area contributed by atoms with Crippen LogP contribution in [0.4, 0.5) is 0 Å². The Hall–Kier alpha value is -0.240. The molecule has 0 spiro atoms. The van der Waals surface area contributed by atoms with Crippen molar-refractivity contribution in [3.05, 3.63) is 33.8 Å². The highest BCUT2D eigenvalue weighted by molar-refractivity contribution is 6.42. The standard InChI is InChI=1S/C14H19Cl2N/c1-2-3-10-7-14(8-10,9-17)11-4-5-12(15)13(16)6-11/h4-6,10H,2-3,7-9,17H2,1H3. The van der Waals surface area contributed by atoms with Gasteiger partial charge in [-0.05, 0) is 36.5 Å². The van der Waals surface area contributed by atoms with Crippen LogP contribution < -0.4 is 5.73 Å². The van der Waals surface area contributed by atoms with Gasteiger partial charge >= 0.3 is 0 Å². The van der Waals surface area contributed by atoms with Crippen molar-refractivity contribution >= 4 is 23.2 Å². The average Bonchev–Trinajstić information content (AvgIpc) is 2.27. The van der Waals surface area contributed by atoms with Crippen LogP contribution in [0.2, 0.25) is 10.0 Å². The summed E-state index contributed by atoms with van der Waals surface area (Å²) in [6.45, 7) is 2.94. The normalized spacial score (nSPS) is 27.9. The van der Waals surface area contributed by atoms with Gasteiger partial charge in [0.1, 0.15) is 0 Å². The molecule has 0 aromatic heterocycles. The fourth-order valence-corrected chi connectivity index (χ4v) is 3.30. The quantitative estimate of drug-likeness (QED) is 0.863. The number of hydrogen-bond acceptors (Lipinski definition) is 1. The van der Waals surface area contributed by atoms with Crippen molar-refractivity contribution in [2.75, 3.05) is 6.54 Å². The van der Waals surface area contributed by atoms with Gasteiger partial charge in [0.15, 0.2) is 0 Å². The lowest BCUT2D eigenvalue weighted by Crippen LogP contribution is -2.47. The summed E-state index contributed by atoms with van der Waals surface area (Å²) >= 11 is 12.0. The minimum atomic E-state index is 0.147. The van der Waals surface area contributed by atoms with Gasteiger partial charge in [0.05, 0.1) is 10.0 Å². The minimum Gasteiger partial charge on any atom is -0.330 e. The third-order valence-corrected chi connectivity index (χ3v) is 4.72. The van der Waals surface area contributed by atoms with Gasteiger partial charge in [-0.25, -0.2) is 0 Å². The summed E-state index contributed by atoms with van der Waals surface area (Å²) < 4.78 is 0. The second-order valence-corrected chi connectivity index (χ2v) is 5.99. The molecule has 0 unspecified atom stereocenters. The Balaban J connectivity index is 2.17. The van der Waals surface area contributed by atoms with E-state index in [2.05, 4.69) is 13.0 Å². The molecule has 1 aromatic rings. The van der Waals surface area contributed by atoms with Crippen molar-refractivity contribution in [3.8, 4) is 0 Å². The molecule has 1 aliphatic rings. The van der Waals surface area contributed by atoms with E-state index in [9.17, 15) is 0 Å². The van der Waals surface area contributed by atoms with E-state index in [-0.39, 0.29) is 5.41 Å². The molecule has 0 bridgehead atoms. The lowest BCUT2D eigenvalue weighted by molar-refractivity contribution is 0.139. The van der Waals surface area contributed by atoms with Crippen LogP contribution in [0.3, 0.4) is 0 Å². The number of halogens is 2. The highest BCUT2D eigenvalue weighted by Gasteiger charge is 2.43. The zero-order valence-electron chi connectivity index (χ0n) is 10.2. The van der Waals surface area contributed by atoms with Crippen molar-refractivity contribution in [2.24, 2.45) is 11.7 Å². The molecule has 0 radical (unpaired) electrons. The third-order valence-electron chi connectivity index (χ3n) is 3.98. The molecule has 0 saturated heterocycles. The van der Waals surface area contributed by atoms with Crippen LogP contribution in [0.5, 0.6) is 0 Å². The Morgan fingerprint density at radius 3 is 2.53 bits per heavy atom. The molecular weight excluding hydrogens is 253 g/mol. The fraction of sp³-hybridized carbons (Fsp3) is 0.571. The first kappa shape index (κ1) is 13.2. The van der Waals surface area contributed by atoms with Crippen LogP contribution in [-0.4, -0.2) is 6.54 Å². The van der Waals surface area contributed by atoms with Crippen LogP contribution >= 0.6 is 23.2 Å². The maximum Gasteiger partial charge on any atom is 0.0595 e. The molecule has 3 heteroatoms. The SMILES string of the molecule is CCCC1CC(CN)(c2ccc(Cl)c(Cl)c2)C1. The first-order valence-corrected chi connectivity index (χ1v) is 7.02. The molecule has 2 rings (SSSR count). The van der Waals surface area contributed by atoms with E-state index >= 15 is 0 Å². The molecule has 1 saturated carbocycles. The molecule has 94 valence electrons. The van der Waals surface area contributed by atoms with Gasteiger partial charge in [0.2, 0.25) is 0 Å². The van der Waals surface area contributed by atoms with Gasteiger partial charge < -0.3 is 5.73 Å². The number of benzene rings is 1. The number of nitrogens with two attached hydrogens (primary N) is 1.